The summed E-state index contributed by atoms with van der Waals surface area (Å²) in [5, 5.41) is 9.37. The molecule has 0 unspecified atom stereocenters. The first-order valence-corrected chi connectivity index (χ1v) is 5.35. The summed E-state index contributed by atoms with van der Waals surface area (Å²) in [7, 11) is 1.94. The highest BCUT2D eigenvalue weighted by atomic mass is 32.2. The Morgan fingerprint density at radius 3 is 2.64 bits per heavy atom. The first-order valence-electron chi connectivity index (χ1n) is 4.37. The van der Waals surface area contributed by atoms with Gasteiger partial charge in [0, 0.05) is 18.5 Å². The molecular weight excluding hydrogens is 200 g/mol. The van der Waals surface area contributed by atoms with Crippen molar-refractivity contribution in [1.82, 2.24) is 9.55 Å². The molecule has 0 bridgehead atoms. The molecule has 0 radical (unpaired) electrons. The average Bonchev–Trinajstić information content (AvgIpc) is 2.33. The summed E-state index contributed by atoms with van der Waals surface area (Å²) in [5.41, 5.74) is 2.13. The smallest absolute Gasteiger partial charge is 0.304 e. The molecule has 78 valence electrons. The molecule has 0 spiro atoms. The molecule has 1 aromatic rings. The molecule has 1 N–H and O–H groups in total. The fourth-order valence-corrected chi connectivity index (χ4v) is 2.04. The zero-order valence-corrected chi connectivity index (χ0v) is 9.39. The zero-order valence-electron chi connectivity index (χ0n) is 8.57. The van der Waals surface area contributed by atoms with Crippen molar-refractivity contribution in [3.8, 4) is 0 Å². The molecule has 1 aromatic heterocycles. The third-order valence-electron chi connectivity index (χ3n) is 2.12. The Morgan fingerprint density at radius 1 is 1.57 bits per heavy atom. The SMILES string of the molecule is Cc1nc(SCCC(=O)O)n(C)c1C. The maximum atomic E-state index is 10.3. The van der Waals surface area contributed by atoms with Crippen LogP contribution in [0.1, 0.15) is 17.8 Å². The highest BCUT2D eigenvalue weighted by Gasteiger charge is 2.08. The quantitative estimate of drug-likeness (QED) is 0.773. The summed E-state index contributed by atoms with van der Waals surface area (Å²) in [4.78, 5) is 14.6. The molecule has 0 atom stereocenters. The molecule has 5 heteroatoms. The largest absolute Gasteiger partial charge is 0.481 e. The van der Waals surface area contributed by atoms with Gasteiger partial charge in [-0.05, 0) is 13.8 Å². The standard InChI is InChI=1S/C9H14N2O2S/c1-6-7(2)11(3)9(10-6)14-5-4-8(12)13/h4-5H2,1-3H3,(H,12,13). The van der Waals surface area contributed by atoms with Crippen LogP contribution in [0.15, 0.2) is 5.16 Å². The van der Waals surface area contributed by atoms with Gasteiger partial charge >= 0.3 is 5.97 Å². The van der Waals surface area contributed by atoms with E-state index in [9.17, 15) is 4.79 Å². The van der Waals surface area contributed by atoms with Gasteiger partial charge in [-0.2, -0.15) is 0 Å². The van der Waals surface area contributed by atoms with E-state index in [0.717, 1.165) is 16.5 Å². The van der Waals surface area contributed by atoms with Crippen LogP contribution in [0.25, 0.3) is 0 Å². The Labute approximate surface area is 87.3 Å². The number of carboxylic acid groups (broad SMARTS) is 1. The van der Waals surface area contributed by atoms with Crippen LogP contribution in [0, 0.1) is 13.8 Å². The summed E-state index contributed by atoms with van der Waals surface area (Å²) in [5.74, 6) is -0.195. The third-order valence-corrected chi connectivity index (χ3v) is 3.16. The number of thioether (sulfide) groups is 1. The van der Waals surface area contributed by atoms with Gasteiger partial charge in [0.1, 0.15) is 0 Å². The van der Waals surface area contributed by atoms with E-state index >= 15 is 0 Å². The average molecular weight is 214 g/mol. The van der Waals surface area contributed by atoms with E-state index in [2.05, 4.69) is 4.98 Å². The minimum absolute atomic E-state index is 0.176. The van der Waals surface area contributed by atoms with Crippen LogP contribution in [-0.4, -0.2) is 26.4 Å². The number of hydrogen-bond acceptors (Lipinski definition) is 3. The molecule has 0 aliphatic carbocycles. The molecule has 14 heavy (non-hydrogen) atoms. The number of aromatic nitrogens is 2. The Kier molecular flexibility index (Phi) is 3.57. The maximum Gasteiger partial charge on any atom is 0.304 e. The molecule has 0 amide bonds. The number of carboxylic acids is 1. The lowest BCUT2D eigenvalue weighted by Crippen LogP contribution is -1.98. The molecule has 1 rings (SSSR count). The van der Waals surface area contributed by atoms with Crippen LogP contribution in [-0.2, 0) is 11.8 Å². The third kappa shape index (κ3) is 2.51. The summed E-state index contributed by atoms with van der Waals surface area (Å²) < 4.78 is 1.99. The second-order valence-corrected chi connectivity index (χ2v) is 4.18. The normalized spacial score (nSPS) is 10.5. The van der Waals surface area contributed by atoms with Gasteiger partial charge in [0.25, 0.3) is 0 Å². The van der Waals surface area contributed by atoms with Crippen LogP contribution >= 0.6 is 11.8 Å². The van der Waals surface area contributed by atoms with Crippen molar-refractivity contribution >= 4 is 17.7 Å². The predicted molar refractivity (Wildman–Crippen MR) is 55.7 cm³/mol. The minimum atomic E-state index is -0.764. The van der Waals surface area contributed by atoms with E-state index in [0.29, 0.717) is 5.75 Å². The molecule has 0 aliphatic heterocycles. The van der Waals surface area contributed by atoms with Crippen LogP contribution in [0.2, 0.25) is 0 Å². The number of aliphatic carboxylic acids is 1. The van der Waals surface area contributed by atoms with Crippen molar-refractivity contribution in [2.24, 2.45) is 7.05 Å². The van der Waals surface area contributed by atoms with Crippen molar-refractivity contribution in [3.05, 3.63) is 11.4 Å². The minimum Gasteiger partial charge on any atom is -0.481 e. The van der Waals surface area contributed by atoms with Crippen LogP contribution < -0.4 is 0 Å². The first-order chi connectivity index (χ1) is 6.52. The summed E-state index contributed by atoms with van der Waals surface area (Å²) >= 11 is 1.48. The topological polar surface area (TPSA) is 55.1 Å². The van der Waals surface area contributed by atoms with E-state index in [1.807, 2.05) is 25.5 Å². The number of nitrogens with zero attached hydrogens (tertiary/aromatic N) is 2. The maximum absolute atomic E-state index is 10.3. The van der Waals surface area contributed by atoms with Gasteiger partial charge < -0.3 is 9.67 Å². The van der Waals surface area contributed by atoms with Crippen LogP contribution in [0.4, 0.5) is 0 Å². The second-order valence-electron chi connectivity index (χ2n) is 3.12. The second kappa shape index (κ2) is 4.50. The van der Waals surface area contributed by atoms with E-state index in [-0.39, 0.29) is 6.42 Å². The lowest BCUT2D eigenvalue weighted by Gasteiger charge is -2.00. The lowest BCUT2D eigenvalue weighted by atomic mass is 10.4. The van der Waals surface area contributed by atoms with E-state index in [1.165, 1.54) is 11.8 Å². The summed E-state index contributed by atoms with van der Waals surface area (Å²) in [6.07, 6.45) is 0.176. The van der Waals surface area contributed by atoms with E-state index in [4.69, 9.17) is 5.11 Å². The molecule has 0 aromatic carbocycles. The van der Waals surface area contributed by atoms with Gasteiger partial charge in [0.05, 0.1) is 12.1 Å². The highest BCUT2D eigenvalue weighted by molar-refractivity contribution is 7.99. The van der Waals surface area contributed by atoms with E-state index < -0.39 is 5.97 Å². The Bertz CT molecular complexity index is 347. The molecule has 0 saturated carbocycles. The number of imidazole rings is 1. The Hall–Kier alpha value is -0.970. The number of hydrogen-bond donors (Lipinski definition) is 1. The molecule has 0 aliphatic rings. The van der Waals surface area contributed by atoms with Gasteiger partial charge in [0.15, 0.2) is 5.16 Å². The number of carbonyl (C=O) groups is 1. The van der Waals surface area contributed by atoms with Crippen molar-refractivity contribution in [2.75, 3.05) is 5.75 Å². The van der Waals surface area contributed by atoms with Gasteiger partial charge in [-0.15, -0.1) is 0 Å². The number of aryl methyl sites for hydroxylation is 1. The molecule has 0 saturated heterocycles. The highest BCUT2D eigenvalue weighted by Crippen LogP contribution is 2.19. The first kappa shape index (κ1) is 11.1. The zero-order chi connectivity index (χ0) is 10.7. The molecule has 1 heterocycles. The Balaban J connectivity index is 2.59. The fraction of sp³-hybridized carbons (Fsp3) is 0.556. The van der Waals surface area contributed by atoms with Crippen LogP contribution in [0.3, 0.4) is 0 Å². The van der Waals surface area contributed by atoms with Crippen molar-refractivity contribution in [3.63, 3.8) is 0 Å². The molecular formula is C9H14N2O2S. The molecule has 0 fully saturated rings. The van der Waals surface area contributed by atoms with Crippen LogP contribution in [0.5, 0.6) is 0 Å². The summed E-state index contributed by atoms with van der Waals surface area (Å²) in [6.45, 7) is 3.96. The van der Waals surface area contributed by atoms with Gasteiger partial charge in [-0.3, -0.25) is 4.79 Å². The van der Waals surface area contributed by atoms with Crippen molar-refractivity contribution in [1.29, 1.82) is 0 Å². The van der Waals surface area contributed by atoms with E-state index in [1.54, 1.807) is 0 Å². The Morgan fingerprint density at radius 2 is 2.21 bits per heavy atom. The summed E-state index contributed by atoms with van der Waals surface area (Å²) in [6, 6.07) is 0. The monoisotopic (exact) mass is 214 g/mol. The van der Waals surface area contributed by atoms with Crippen molar-refractivity contribution in [2.45, 2.75) is 25.4 Å². The fourth-order valence-electron chi connectivity index (χ4n) is 1.04. The van der Waals surface area contributed by atoms with Gasteiger partial charge in [0.2, 0.25) is 0 Å². The van der Waals surface area contributed by atoms with Crippen molar-refractivity contribution < 1.29 is 9.90 Å². The lowest BCUT2D eigenvalue weighted by molar-refractivity contribution is -0.136. The predicted octanol–water partition coefficient (Wildman–Crippen LogP) is 1.60. The van der Waals surface area contributed by atoms with Gasteiger partial charge in [-0.1, -0.05) is 11.8 Å². The molecule has 4 nitrogen and oxygen atoms in total. The number of rotatable bonds is 4. The van der Waals surface area contributed by atoms with Gasteiger partial charge in [-0.25, -0.2) is 4.98 Å².